The fourth-order valence-electron chi connectivity index (χ4n) is 3.06. The van der Waals surface area contributed by atoms with Crippen molar-refractivity contribution < 1.29 is 0 Å². The van der Waals surface area contributed by atoms with Crippen molar-refractivity contribution in [2.24, 2.45) is 17.6 Å². The van der Waals surface area contributed by atoms with E-state index in [-0.39, 0.29) is 6.04 Å². The van der Waals surface area contributed by atoms with Gasteiger partial charge in [-0.05, 0) is 42.4 Å². The van der Waals surface area contributed by atoms with E-state index >= 15 is 0 Å². The van der Waals surface area contributed by atoms with Crippen LogP contribution in [0, 0.1) is 11.8 Å². The minimum absolute atomic E-state index is 0.0455. The molecule has 1 nitrogen and oxygen atoms in total. The lowest BCUT2D eigenvalue weighted by molar-refractivity contribution is 0.230. The highest BCUT2D eigenvalue weighted by Crippen LogP contribution is 2.39. The smallest absolute Gasteiger partial charge is 0.0468 e. The zero-order valence-corrected chi connectivity index (χ0v) is 12.3. The molecular formula is C15H21Cl2N. The van der Waals surface area contributed by atoms with Crippen LogP contribution in [0.25, 0.3) is 0 Å². The summed E-state index contributed by atoms with van der Waals surface area (Å²) in [7, 11) is 0. The summed E-state index contributed by atoms with van der Waals surface area (Å²) in [5.41, 5.74) is 7.45. The first kappa shape index (κ1) is 14.2. The van der Waals surface area contributed by atoms with E-state index in [0.717, 1.165) is 11.5 Å². The van der Waals surface area contributed by atoms with Gasteiger partial charge in [-0.15, -0.1) is 0 Å². The van der Waals surface area contributed by atoms with Crippen LogP contribution < -0.4 is 5.73 Å². The third-order valence-corrected chi connectivity index (χ3v) is 4.79. The second-order valence-corrected chi connectivity index (χ2v) is 6.24. The zero-order valence-electron chi connectivity index (χ0n) is 10.8. The molecule has 2 rings (SSSR count). The van der Waals surface area contributed by atoms with E-state index in [9.17, 15) is 0 Å². The molecule has 1 aliphatic rings. The van der Waals surface area contributed by atoms with Gasteiger partial charge >= 0.3 is 0 Å². The van der Waals surface area contributed by atoms with Crippen LogP contribution in [-0.4, -0.2) is 0 Å². The monoisotopic (exact) mass is 285 g/mol. The summed E-state index contributed by atoms with van der Waals surface area (Å²) < 4.78 is 0. The van der Waals surface area contributed by atoms with Gasteiger partial charge in [-0.3, -0.25) is 0 Å². The summed E-state index contributed by atoms with van der Waals surface area (Å²) in [4.78, 5) is 0. The molecule has 0 bridgehead atoms. The van der Waals surface area contributed by atoms with Crippen molar-refractivity contribution in [3.8, 4) is 0 Å². The van der Waals surface area contributed by atoms with Crippen molar-refractivity contribution in [2.45, 2.75) is 45.1 Å². The molecule has 1 aliphatic carbocycles. The number of hydrogen-bond acceptors (Lipinski definition) is 1. The first-order chi connectivity index (χ1) is 8.61. The SMILES string of the molecule is CCC1CCCC(C(N)c2ccc(Cl)cc2Cl)C1. The van der Waals surface area contributed by atoms with E-state index < -0.39 is 0 Å². The Labute approximate surface area is 120 Å². The lowest BCUT2D eigenvalue weighted by Gasteiger charge is -2.33. The molecule has 1 aromatic rings. The van der Waals surface area contributed by atoms with Gasteiger partial charge in [0.15, 0.2) is 0 Å². The van der Waals surface area contributed by atoms with Crippen LogP contribution >= 0.6 is 23.2 Å². The van der Waals surface area contributed by atoms with Gasteiger partial charge in [0, 0.05) is 16.1 Å². The highest BCUT2D eigenvalue weighted by molar-refractivity contribution is 6.35. The number of nitrogens with two attached hydrogens (primary N) is 1. The van der Waals surface area contributed by atoms with Crippen molar-refractivity contribution in [2.75, 3.05) is 0 Å². The first-order valence-corrected chi connectivity index (χ1v) is 7.58. The predicted octanol–water partition coefficient (Wildman–Crippen LogP) is 5.21. The van der Waals surface area contributed by atoms with E-state index in [4.69, 9.17) is 28.9 Å². The summed E-state index contributed by atoms with van der Waals surface area (Å²) in [5.74, 6) is 1.39. The Bertz CT molecular complexity index is 405. The van der Waals surface area contributed by atoms with Gasteiger partial charge < -0.3 is 5.73 Å². The molecule has 1 aromatic carbocycles. The van der Waals surface area contributed by atoms with Crippen LogP contribution in [0.4, 0.5) is 0 Å². The molecule has 3 atom stereocenters. The van der Waals surface area contributed by atoms with Crippen molar-refractivity contribution in [1.82, 2.24) is 0 Å². The van der Waals surface area contributed by atoms with Crippen molar-refractivity contribution >= 4 is 23.2 Å². The van der Waals surface area contributed by atoms with E-state index in [2.05, 4.69) is 6.92 Å². The highest BCUT2D eigenvalue weighted by Gasteiger charge is 2.27. The first-order valence-electron chi connectivity index (χ1n) is 6.82. The van der Waals surface area contributed by atoms with Gasteiger partial charge in [-0.1, -0.05) is 55.5 Å². The molecule has 1 fully saturated rings. The normalized spacial score (nSPS) is 26.0. The standard InChI is InChI=1S/C15H21Cl2N/c1-2-10-4-3-5-11(8-10)15(18)13-7-6-12(16)9-14(13)17/h6-7,9-11,15H,2-5,8,18H2,1H3. The lowest BCUT2D eigenvalue weighted by Crippen LogP contribution is -2.27. The van der Waals surface area contributed by atoms with Crippen LogP contribution in [0.15, 0.2) is 18.2 Å². The Morgan fingerprint density at radius 3 is 2.78 bits per heavy atom. The number of rotatable bonds is 3. The van der Waals surface area contributed by atoms with Crippen LogP contribution in [0.1, 0.15) is 50.6 Å². The summed E-state index contributed by atoms with van der Waals surface area (Å²) in [5, 5.41) is 1.37. The number of benzene rings is 1. The molecule has 0 spiro atoms. The fourth-order valence-corrected chi connectivity index (χ4v) is 3.59. The van der Waals surface area contributed by atoms with Gasteiger partial charge in [0.2, 0.25) is 0 Å². The Hall–Kier alpha value is -0.240. The summed E-state index contributed by atoms with van der Waals surface area (Å²) in [6.07, 6.45) is 6.36. The third-order valence-electron chi connectivity index (χ3n) is 4.23. The van der Waals surface area contributed by atoms with Crippen molar-refractivity contribution in [3.05, 3.63) is 33.8 Å². The van der Waals surface area contributed by atoms with Gasteiger partial charge in [0.25, 0.3) is 0 Å². The average molecular weight is 286 g/mol. The molecule has 0 aliphatic heterocycles. The molecular weight excluding hydrogens is 265 g/mol. The van der Waals surface area contributed by atoms with E-state index in [1.807, 2.05) is 12.1 Å². The Balaban J connectivity index is 2.12. The van der Waals surface area contributed by atoms with Gasteiger partial charge in [0.05, 0.1) is 0 Å². The molecule has 0 saturated heterocycles. The molecule has 1 saturated carbocycles. The number of halogens is 2. The largest absolute Gasteiger partial charge is 0.324 e. The molecule has 3 heteroatoms. The topological polar surface area (TPSA) is 26.0 Å². The van der Waals surface area contributed by atoms with E-state index in [1.54, 1.807) is 6.07 Å². The Morgan fingerprint density at radius 1 is 1.33 bits per heavy atom. The quantitative estimate of drug-likeness (QED) is 0.811. The lowest BCUT2D eigenvalue weighted by atomic mass is 9.75. The molecule has 18 heavy (non-hydrogen) atoms. The van der Waals surface area contributed by atoms with Gasteiger partial charge in [-0.2, -0.15) is 0 Å². The maximum Gasteiger partial charge on any atom is 0.0468 e. The van der Waals surface area contributed by atoms with Crippen molar-refractivity contribution in [1.29, 1.82) is 0 Å². The second-order valence-electron chi connectivity index (χ2n) is 5.39. The maximum absolute atomic E-state index is 6.41. The predicted molar refractivity (Wildman–Crippen MR) is 79.1 cm³/mol. The van der Waals surface area contributed by atoms with E-state index in [0.29, 0.717) is 16.0 Å². The molecule has 0 aromatic heterocycles. The fraction of sp³-hybridized carbons (Fsp3) is 0.600. The summed E-state index contributed by atoms with van der Waals surface area (Å²) >= 11 is 12.2. The summed E-state index contributed by atoms with van der Waals surface area (Å²) in [6.45, 7) is 2.27. The maximum atomic E-state index is 6.41. The second kappa shape index (κ2) is 6.27. The Kier molecular flexibility index (Phi) is 4.94. The molecule has 0 radical (unpaired) electrons. The van der Waals surface area contributed by atoms with Gasteiger partial charge in [0.1, 0.15) is 0 Å². The average Bonchev–Trinajstić information content (AvgIpc) is 2.38. The molecule has 0 heterocycles. The third kappa shape index (κ3) is 3.20. The molecule has 100 valence electrons. The summed E-state index contributed by atoms with van der Waals surface area (Å²) in [6, 6.07) is 5.69. The molecule has 3 unspecified atom stereocenters. The zero-order chi connectivity index (χ0) is 13.1. The van der Waals surface area contributed by atoms with Crippen LogP contribution in [0.3, 0.4) is 0 Å². The van der Waals surface area contributed by atoms with Crippen LogP contribution in [0.2, 0.25) is 10.0 Å². The minimum atomic E-state index is 0.0455. The Morgan fingerprint density at radius 2 is 2.11 bits per heavy atom. The van der Waals surface area contributed by atoms with Crippen LogP contribution in [0.5, 0.6) is 0 Å². The van der Waals surface area contributed by atoms with Gasteiger partial charge in [-0.25, -0.2) is 0 Å². The molecule has 2 N–H and O–H groups in total. The minimum Gasteiger partial charge on any atom is -0.324 e. The van der Waals surface area contributed by atoms with Crippen LogP contribution in [-0.2, 0) is 0 Å². The molecule has 0 amide bonds. The number of hydrogen-bond donors (Lipinski definition) is 1. The van der Waals surface area contributed by atoms with Crippen molar-refractivity contribution in [3.63, 3.8) is 0 Å². The van der Waals surface area contributed by atoms with E-state index in [1.165, 1.54) is 32.1 Å². The highest BCUT2D eigenvalue weighted by atomic mass is 35.5.